The zero-order valence-electron chi connectivity index (χ0n) is 11.1. The summed E-state index contributed by atoms with van der Waals surface area (Å²) in [5.74, 6) is 0.786. The molecule has 2 aromatic rings. The number of aromatic nitrogens is 1. The van der Waals surface area contributed by atoms with Crippen molar-refractivity contribution in [3.63, 3.8) is 0 Å². The van der Waals surface area contributed by atoms with E-state index in [1.165, 1.54) is 16.5 Å². The van der Waals surface area contributed by atoms with Crippen LogP contribution in [0.15, 0.2) is 18.2 Å². The monoisotopic (exact) mass is 242 g/mol. The van der Waals surface area contributed by atoms with Gasteiger partial charge in [0.2, 0.25) is 5.88 Å². The van der Waals surface area contributed by atoms with Gasteiger partial charge in [-0.1, -0.05) is 12.1 Å². The Balaban J connectivity index is 2.25. The third kappa shape index (κ3) is 1.85. The number of benzene rings is 1. The first-order chi connectivity index (χ1) is 8.65. The van der Waals surface area contributed by atoms with Gasteiger partial charge in [-0.25, -0.2) is 4.98 Å². The molecule has 0 amide bonds. The lowest BCUT2D eigenvalue weighted by molar-refractivity contribution is 0.218. The summed E-state index contributed by atoms with van der Waals surface area (Å²) in [4.78, 5) is 4.72. The summed E-state index contributed by atoms with van der Waals surface area (Å²) in [5.41, 5.74) is 4.68. The van der Waals surface area contributed by atoms with E-state index < -0.39 is 0 Å². The summed E-state index contributed by atoms with van der Waals surface area (Å²) in [6.45, 7) is 7.99. The van der Waals surface area contributed by atoms with Gasteiger partial charge < -0.3 is 10.1 Å². The number of fused-ring (bicyclic) bond motifs is 2. The molecule has 0 radical (unpaired) electrons. The number of pyridine rings is 1. The summed E-state index contributed by atoms with van der Waals surface area (Å²) in [5, 5.41) is 4.62. The molecule has 1 aliphatic rings. The van der Waals surface area contributed by atoms with E-state index >= 15 is 0 Å². The number of nitrogens with one attached hydrogen (secondary N) is 1. The Bertz CT molecular complexity index is 607. The van der Waals surface area contributed by atoms with Crippen LogP contribution in [-0.4, -0.2) is 17.6 Å². The molecule has 0 fully saturated rings. The lowest BCUT2D eigenvalue weighted by atomic mass is 10.0. The summed E-state index contributed by atoms with van der Waals surface area (Å²) in [6, 6.07) is 6.49. The van der Waals surface area contributed by atoms with E-state index in [4.69, 9.17) is 9.72 Å². The van der Waals surface area contributed by atoms with E-state index in [0.29, 0.717) is 0 Å². The largest absolute Gasteiger partial charge is 0.473 e. The highest BCUT2D eigenvalue weighted by atomic mass is 16.5. The van der Waals surface area contributed by atoms with Crippen molar-refractivity contribution in [2.45, 2.75) is 33.4 Å². The highest BCUT2D eigenvalue weighted by Gasteiger charge is 2.16. The predicted molar refractivity (Wildman–Crippen MR) is 73.0 cm³/mol. The molecule has 1 aromatic carbocycles. The van der Waals surface area contributed by atoms with Crippen LogP contribution in [0, 0.1) is 13.8 Å². The standard InChI is InChI=1S/C15H18N2O/c1-9-4-5-10(2)14-13(9)6-12-8-16-7-11(3)18-15(12)17-14/h4-6,11,16H,7-8H2,1-3H3/t11-/m0/s1. The van der Waals surface area contributed by atoms with E-state index in [1.807, 2.05) is 0 Å². The SMILES string of the molecule is Cc1ccc(C)c2nc3c(cc12)CNC[C@H](C)O3. The van der Waals surface area contributed by atoms with E-state index in [2.05, 4.69) is 44.3 Å². The molecule has 0 saturated heterocycles. The van der Waals surface area contributed by atoms with Crippen LogP contribution < -0.4 is 10.1 Å². The summed E-state index contributed by atoms with van der Waals surface area (Å²) >= 11 is 0. The average molecular weight is 242 g/mol. The number of nitrogens with zero attached hydrogens (tertiary/aromatic N) is 1. The smallest absolute Gasteiger partial charge is 0.218 e. The maximum Gasteiger partial charge on any atom is 0.218 e. The molecule has 0 bridgehead atoms. The molecule has 94 valence electrons. The van der Waals surface area contributed by atoms with E-state index in [9.17, 15) is 0 Å². The second-order valence-electron chi connectivity index (χ2n) is 5.11. The van der Waals surface area contributed by atoms with Gasteiger partial charge >= 0.3 is 0 Å². The van der Waals surface area contributed by atoms with Crippen LogP contribution in [0.2, 0.25) is 0 Å². The Hall–Kier alpha value is -1.61. The van der Waals surface area contributed by atoms with Crippen molar-refractivity contribution in [3.05, 3.63) is 34.9 Å². The van der Waals surface area contributed by atoms with Gasteiger partial charge in [-0.2, -0.15) is 0 Å². The Morgan fingerprint density at radius 1 is 1.28 bits per heavy atom. The molecule has 0 aliphatic carbocycles. The number of rotatable bonds is 0. The molecule has 1 N–H and O–H groups in total. The number of aryl methyl sites for hydroxylation is 2. The van der Waals surface area contributed by atoms with E-state index in [1.54, 1.807) is 0 Å². The van der Waals surface area contributed by atoms with Gasteiger partial charge in [-0.15, -0.1) is 0 Å². The van der Waals surface area contributed by atoms with Crippen LogP contribution >= 0.6 is 0 Å². The topological polar surface area (TPSA) is 34.2 Å². The van der Waals surface area contributed by atoms with Gasteiger partial charge in [0, 0.05) is 24.0 Å². The van der Waals surface area contributed by atoms with Gasteiger partial charge in [0.25, 0.3) is 0 Å². The van der Waals surface area contributed by atoms with E-state index in [0.717, 1.165) is 30.0 Å². The highest BCUT2D eigenvalue weighted by Crippen LogP contribution is 2.28. The Morgan fingerprint density at radius 3 is 2.89 bits per heavy atom. The minimum atomic E-state index is 0.168. The number of ether oxygens (including phenoxy) is 1. The minimum absolute atomic E-state index is 0.168. The highest BCUT2D eigenvalue weighted by molar-refractivity contribution is 5.86. The molecular weight excluding hydrogens is 224 g/mol. The Labute approximate surface area is 107 Å². The molecular formula is C15H18N2O. The van der Waals surface area contributed by atoms with Crippen LogP contribution in [0.25, 0.3) is 10.9 Å². The molecule has 0 unspecified atom stereocenters. The van der Waals surface area contributed by atoms with Crippen LogP contribution in [0.1, 0.15) is 23.6 Å². The Morgan fingerprint density at radius 2 is 2.06 bits per heavy atom. The van der Waals surface area contributed by atoms with Gasteiger partial charge in [0.1, 0.15) is 6.10 Å². The quantitative estimate of drug-likeness (QED) is 0.771. The number of hydrogen-bond donors (Lipinski definition) is 1. The molecule has 18 heavy (non-hydrogen) atoms. The molecule has 1 aromatic heterocycles. The average Bonchev–Trinajstić information content (AvgIpc) is 2.52. The van der Waals surface area contributed by atoms with Crippen LogP contribution in [0.4, 0.5) is 0 Å². The Kier molecular flexibility index (Phi) is 2.71. The summed E-state index contributed by atoms with van der Waals surface area (Å²) < 4.78 is 5.89. The molecule has 3 rings (SSSR count). The van der Waals surface area contributed by atoms with Gasteiger partial charge in [0.15, 0.2) is 0 Å². The first-order valence-corrected chi connectivity index (χ1v) is 6.42. The number of hydrogen-bond acceptors (Lipinski definition) is 3. The minimum Gasteiger partial charge on any atom is -0.473 e. The van der Waals surface area contributed by atoms with Crippen molar-refractivity contribution < 1.29 is 4.74 Å². The second kappa shape index (κ2) is 4.25. The summed E-state index contributed by atoms with van der Waals surface area (Å²) in [6.07, 6.45) is 0.168. The fraction of sp³-hybridized carbons (Fsp3) is 0.400. The fourth-order valence-electron chi connectivity index (χ4n) is 2.43. The van der Waals surface area contributed by atoms with Crippen molar-refractivity contribution in [1.82, 2.24) is 10.3 Å². The predicted octanol–water partition coefficient (Wildman–Crippen LogP) is 2.72. The van der Waals surface area contributed by atoms with Crippen molar-refractivity contribution in [3.8, 4) is 5.88 Å². The lowest BCUT2D eigenvalue weighted by Crippen LogP contribution is -2.25. The van der Waals surface area contributed by atoms with E-state index in [-0.39, 0.29) is 6.10 Å². The normalized spacial score (nSPS) is 19.2. The first-order valence-electron chi connectivity index (χ1n) is 6.42. The molecule has 0 saturated carbocycles. The maximum absolute atomic E-state index is 5.89. The van der Waals surface area contributed by atoms with Crippen molar-refractivity contribution in [1.29, 1.82) is 0 Å². The molecule has 2 heterocycles. The second-order valence-corrected chi connectivity index (χ2v) is 5.11. The molecule has 3 heteroatoms. The zero-order valence-corrected chi connectivity index (χ0v) is 11.1. The van der Waals surface area contributed by atoms with Gasteiger partial charge in [-0.05, 0) is 38.0 Å². The van der Waals surface area contributed by atoms with Gasteiger partial charge in [-0.3, -0.25) is 0 Å². The van der Waals surface area contributed by atoms with Crippen LogP contribution in [0.3, 0.4) is 0 Å². The fourth-order valence-corrected chi connectivity index (χ4v) is 2.43. The summed E-state index contributed by atoms with van der Waals surface area (Å²) in [7, 11) is 0. The van der Waals surface area contributed by atoms with Crippen molar-refractivity contribution >= 4 is 10.9 Å². The third-order valence-electron chi connectivity index (χ3n) is 3.50. The first kappa shape index (κ1) is 11.5. The molecule has 0 spiro atoms. The third-order valence-corrected chi connectivity index (χ3v) is 3.50. The van der Waals surface area contributed by atoms with Crippen LogP contribution in [-0.2, 0) is 6.54 Å². The molecule has 3 nitrogen and oxygen atoms in total. The lowest BCUT2D eigenvalue weighted by Gasteiger charge is -2.13. The van der Waals surface area contributed by atoms with Crippen LogP contribution in [0.5, 0.6) is 5.88 Å². The zero-order chi connectivity index (χ0) is 12.7. The van der Waals surface area contributed by atoms with Crippen molar-refractivity contribution in [2.75, 3.05) is 6.54 Å². The maximum atomic E-state index is 5.89. The molecule has 1 atom stereocenters. The van der Waals surface area contributed by atoms with Gasteiger partial charge in [0.05, 0.1) is 5.52 Å². The van der Waals surface area contributed by atoms with Crippen molar-refractivity contribution in [2.24, 2.45) is 0 Å². The molecule has 1 aliphatic heterocycles.